The molecule has 0 aliphatic carbocycles. The maximum Gasteiger partial charge on any atom is 0.0802 e. The molecule has 2 nitrogen and oxygen atoms in total. The zero-order valence-corrected chi connectivity index (χ0v) is 20.3. The van der Waals surface area contributed by atoms with E-state index in [1.807, 2.05) is 0 Å². The quantitative estimate of drug-likeness (QED) is 0.216. The standard InChI is InChI=1S/C24H52NO.ClH/c1-6-8-9-10-11-12-13-14-15-16-17-18-19-21-24(7-2)26-23-20-22-25(3,4)5;/h24H,6-23H2,1-5H3;1H/q+1;/p-1. The van der Waals surface area contributed by atoms with Crippen molar-refractivity contribution in [3.8, 4) is 0 Å². The number of ether oxygens (including phenoxy) is 1. The Bertz CT molecular complexity index is 278. The predicted molar refractivity (Wildman–Crippen MR) is 118 cm³/mol. The molecule has 0 amide bonds. The van der Waals surface area contributed by atoms with Crippen molar-refractivity contribution >= 4 is 0 Å². The largest absolute Gasteiger partial charge is 1.00 e. The number of hydrogen-bond acceptors (Lipinski definition) is 1. The Balaban J connectivity index is 0. The molecule has 0 aromatic heterocycles. The molecule has 0 aromatic carbocycles. The number of halogens is 1. The van der Waals surface area contributed by atoms with Crippen LogP contribution < -0.4 is 12.4 Å². The monoisotopic (exact) mass is 405 g/mol. The molecule has 0 N–H and O–H groups in total. The van der Waals surface area contributed by atoms with Gasteiger partial charge in [-0.05, 0) is 12.8 Å². The van der Waals surface area contributed by atoms with E-state index in [1.54, 1.807) is 0 Å². The van der Waals surface area contributed by atoms with Gasteiger partial charge in [-0.2, -0.15) is 0 Å². The second-order valence-corrected chi connectivity index (χ2v) is 9.30. The number of rotatable bonds is 20. The molecule has 0 rings (SSSR count). The maximum atomic E-state index is 6.08. The Kier molecular flexibility index (Phi) is 22.8. The Morgan fingerprint density at radius 2 is 1.07 bits per heavy atom. The molecular formula is C24H52ClNO. The van der Waals surface area contributed by atoms with Crippen LogP contribution in [0.25, 0.3) is 0 Å². The topological polar surface area (TPSA) is 9.23 Å². The van der Waals surface area contributed by atoms with Crippen LogP contribution in [0.15, 0.2) is 0 Å². The first kappa shape index (κ1) is 29.4. The van der Waals surface area contributed by atoms with Gasteiger partial charge in [-0.25, -0.2) is 0 Å². The van der Waals surface area contributed by atoms with Gasteiger partial charge >= 0.3 is 0 Å². The number of hydrogen-bond donors (Lipinski definition) is 0. The molecule has 0 saturated carbocycles. The van der Waals surface area contributed by atoms with E-state index >= 15 is 0 Å². The molecule has 0 spiro atoms. The van der Waals surface area contributed by atoms with Crippen LogP contribution in [-0.2, 0) is 4.74 Å². The van der Waals surface area contributed by atoms with Gasteiger partial charge < -0.3 is 21.6 Å². The lowest BCUT2D eigenvalue weighted by Gasteiger charge is -2.24. The van der Waals surface area contributed by atoms with Crippen molar-refractivity contribution in [1.29, 1.82) is 0 Å². The zero-order valence-electron chi connectivity index (χ0n) is 19.5. The van der Waals surface area contributed by atoms with Gasteiger partial charge in [0.2, 0.25) is 0 Å². The van der Waals surface area contributed by atoms with Gasteiger partial charge in [-0.3, -0.25) is 0 Å². The number of unbranched alkanes of at least 4 members (excludes halogenated alkanes) is 12. The predicted octanol–water partition coefficient (Wildman–Crippen LogP) is 4.36. The van der Waals surface area contributed by atoms with Crippen LogP contribution in [0.3, 0.4) is 0 Å². The van der Waals surface area contributed by atoms with Gasteiger partial charge in [-0.15, -0.1) is 0 Å². The molecule has 166 valence electrons. The molecule has 27 heavy (non-hydrogen) atoms. The van der Waals surface area contributed by atoms with Crippen LogP contribution in [-0.4, -0.2) is 44.9 Å². The first-order valence-electron chi connectivity index (χ1n) is 11.9. The molecule has 1 atom stereocenters. The van der Waals surface area contributed by atoms with Gasteiger partial charge in [0.05, 0.1) is 40.4 Å². The number of nitrogens with zero attached hydrogens (tertiary/aromatic N) is 1. The summed E-state index contributed by atoms with van der Waals surface area (Å²) in [5.41, 5.74) is 0. The van der Waals surface area contributed by atoms with Crippen molar-refractivity contribution in [3.05, 3.63) is 0 Å². The highest BCUT2D eigenvalue weighted by atomic mass is 35.5. The normalized spacial score (nSPS) is 12.8. The fraction of sp³-hybridized carbons (Fsp3) is 1.00. The third-order valence-corrected chi connectivity index (χ3v) is 5.41. The van der Waals surface area contributed by atoms with Crippen LogP contribution in [0, 0.1) is 0 Å². The lowest BCUT2D eigenvalue weighted by molar-refractivity contribution is -0.870. The zero-order chi connectivity index (χ0) is 19.5. The van der Waals surface area contributed by atoms with Crippen molar-refractivity contribution in [2.75, 3.05) is 34.3 Å². The molecule has 0 radical (unpaired) electrons. The molecule has 0 fully saturated rings. The van der Waals surface area contributed by atoms with Crippen molar-refractivity contribution in [2.45, 2.75) is 123 Å². The molecule has 3 heteroatoms. The van der Waals surface area contributed by atoms with Gasteiger partial charge in [0.25, 0.3) is 0 Å². The summed E-state index contributed by atoms with van der Waals surface area (Å²) in [4.78, 5) is 0. The summed E-state index contributed by atoms with van der Waals surface area (Å²) < 4.78 is 7.12. The van der Waals surface area contributed by atoms with E-state index in [9.17, 15) is 0 Å². The highest BCUT2D eigenvalue weighted by Crippen LogP contribution is 2.15. The van der Waals surface area contributed by atoms with Crippen LogP contribution in [0.5, 0.6) is 0 Å². The summed E-state index contributed by atoms with van der Waals surface area (Å²) in [7, 11) is 6.76. The van der Waals surface area contributed by atoms with Gasteiger partial charge in [0.1, 0.15) is 0 Å². The SMILES string of the molecule is CCCCCCCCCCCCCCCC(CC)OCCC[N+](C)(C)C.[Cl-]. The fourth-order valence-electron chi connectivity index (χ4n) is 3.58. The molecular weight excluding hydrogens is 354 g/mol. The van der Waals surface area contributed by atoms with Gasteiger partial charge in [0, 0.05) is 6.42 Å². The summed E-state index contributed by atoms with van der Waals surface area (Å²) in [6, 6.07) is 0. The summed E-state index contributed by atoms with van der Waals surface area (Å²) in [6.07, 6.45) is 22.7. The molecule has 0 heterocycles. The van der Waals surface area contributed by atoms with E-state index in [-0.39, 0.29) is 12.4 Å². The average molecular weight is 406 g/mol. The van der Waals surface area contributed by atoms with Crippen molar-refractivity contribution in [3.63, 3.8) is 0 Å². The minimum atomic E-state index is 0. The summed E-state index contributed by atoms with van der Waals surface area (Å²) in [6.45, 7) is 6.71. The third kappa shape index (κ3) is 24.2. The highest BCUT2D eigenvalue weighted by molar-refractivity contribution is 4.57. The molecule has 0 aliphatic rings. The van der Waals surface area contributed by atoms with E-state index in [0.29, 0.717) is 6.10 Å². The van der Waals surface area contributed by atoms with Gasteiger partial charge in [-0.1, -0.05) is 97.3 Å². The summed E-state index contributed by atoms with van der Waals surface area (Å²) >= 11 is 0. The second kappa shape index (κ2) is 20.9. The molecule has 0 aliphatic heterocycles. The first-order chi connectivity index (χ1) is 12.5. The molecule has 0 bridgehead atoms. The lowest BCUT2D eigenvalue weighted by atomic mass is 10.0. The van der Waals surface area contributed by atoms with Crippen LogP contribution in [0.4, 0.5) is 0 Å². The van der Waals surface area contributed by atoms with Crippen molar-refractivity contribution in [2.24, 2.45) is 0 Å². The van der Waals surface area contributed by atoms with Gasteiger partial charge in [0.15, 0.2) is 0 Å². The van der Waals surface area contributed by atoms with E-state index < -0.39 is 0 Å². The Morgan fingerprint density at radius 3 is 1.48 bits per heavy atom. The third-order valence-electron chi connectivity index (χ3n) is 5.41. The van der Waals surface area contributed by atoms with E-state index in [0.717, 1.165) is 11.1 Å². The van der Waals surface area contributed by atoms with E-state index in [4.69, 9.17) is 4.74 Å². The number of quaternary nitrogens is 1. The maximum absolute atomic E-state index is 6.08. The first-order valence-corrected chi connectivity index (χ1v) is 11.9. The highest BCUT2D eigenvalue weighted by Gasteiger charge is 2.09. The van der Waals surface area contributed by atoms with E-state index in [2.05, 4.69) is 35.0 Å². The van der Waals surface area contributed by atoms with Crippen molar-refractivity contribution in [1.82, 2.24) is 0 Å². The minimum Gasteiger partial charge on any atom is -1.00 e. The van der Waals surface area contributed by atoms with E-state index in [1.165, 1.54) is 109 Å². The second-order valence-electron chi connectivity index (χ2n) is 9.30. The summed E-state index contributed by atoms with van der Waals surface area (Å²) in [5.74, 6) is 0. The molecule has 1 unspecified atom stereocenters. The average Bonchev–Trinajstić information content (AvgIpc) is 2.59. The Hall–Kier alpha value is 0.210. The van der Waals surface area contributed by atoms with Crippen LogP contribution in [0.2, 0.25) is 0 Å². The molecule has 0 saturated heterocycles. The summed E-state index contributed by atoms with van der Waals surface area (Å²) in [5, 5.41) is 0. The Labute approximate surface area is 178 Å². The fourth-order valence-corrected chi connectivity index (χ4v) is 3.58. The van der Waals surface area contributed by atoms with Crippen molar-refractivity contribution < 1.29 is 21.6 Å². The van der Waals surface area contributed by atoms with Crippen LogP contribution >= 0.6 is 0 Å². The minimum absolute atomic E-state index is 0. The Morgan fingerprint density at radius 1 is 0.630 bits per heavy atom. The smallest absolute Gasteiger partial charge is 0.0802 e. The molecule has 0 aromatic rings. The van der Waals surface area contributed by atoms with Crippen LogP contribution in [0.1, 0.15) is 117 Å². The lowest BCUT2D eigenvalue weighted by Crippen LogP contribution is -3.00.